The summed E-state index contributed by atoms with van der Waals surface area (Å²) in [4.78, 5) is 0. The van der Waals surface area contributed by atoms with Gasteiger partial charge in [-0.3, -0.25) is 0 Å². The minimum Gasteiger partial charge on any atom is -0.492 e. The van der Waals surface area contributed by atoms with Gasteiger partial charge in [0.1, 0.15) is 16.6 Å². The van der Waals surface area contributed by atoms with Gasteiger partial charge in [0.2, 0.25) is 0 Å². The zero-order valence-electron chi connectivity index (χ0n) is 8.72. The third-order valence-corrected chi connectivity index (χ3v) is 3.00. The molecule has 0 amide bonds. The van der Waals surface area contributed by atoms with E-state index in [0.717, 1.165) is 12.0 Å². The monoisotopic (exact) mass is 228 g/mol. The largest absolute Gasteiger partial charge is 0.492 e. The van der Waals surface area contributed by atoms with Crippen LogP contribution in [-0.2, 0) is 6.42 Å². The van der Waals surface area contributed by atoms with E-state index in [2.05, 4.69) is 0 Å². The molecule has 0 bridgehead atoms. The van der Waals surface area contributed by atoms with Gasteiger partial charge in [-0.15, -0.1) is 0 Å². The molecule has 0 aromatic heterocycles. The molecule has 2 rings (SSSR count). The predicted molar refractivity (Wildman–Crippen MR) is 59.0 cm³/mol. The molecule has 1 fully saturated rings. The quantitative estimate of drug-likeness (QED) is 0.761. The first-order chi connectivity index (χ1) is 7.20. The van der Waals surface area contributed by atoms with E-state index in [-0.39, 0.29) is 10.8 Å². The zero-order chi connectivity index (χ0) is 10.8. The molecule has 1 aliphatic rings. The van der Waals surface area contributed by atoms with E-state index in [9.17, 15) is 4.39 Å². The van der Waals surface area contributed by atoms with Gasteiger partial charge in [0, 0.05) is 0 Å². The summed E-state index contributed by atoms with van der Waals surface area (Å²) in [5.41, 5.74) is 0.919. The summed E-state index contributed by atoms with van der Waals surface area (Å²) in [6, 6.07) is 3.29. The van der Waals surface area contributed by atoms with Gasteiger partial charge in [-0.05, 0) is 42.9 Å². The molecule has 1 aliphatic carbocycles. The molecule has 0 N–H and O–H groups in total. The molecule has 0 saturated heterocycles. The lowest BCUT2D eigenvalue weighted by atomic mass is 10.1. The molecule has 1 saturated carbocycles. The molecule has 1 aromatic carbocycles. The third-order valence-electron chi connectivity index (χ3n) is 2.63. The van der Waals surface area contributed by atoms with Gasteiger partial charge >= 0.3 is 0 Å². The number of hydrogen-bond acceptors (Lipinski definition) is 1. The van der Waals surface area contributed by atoms with E-state index < -0.39 is 0 Å². The van der Waals surface area contributed by atoms with Crippen LogP contribution in [0.15, 0.2) is 12.1 Å². The highest BCUT2D eigenvalue weighted by molar-refractivity contribution is 6.32. The Bertz CT molecular complexity index is 361. The van der Waals surface area contributed by atoms with E-state index in [0.29, 0.717) is 18.3 Å². The topological polar surface area (TPSA) is 9.23 Å². The normalized spacial score (nSPS) is 15.4. The van der Waals surface area contributed by atoms with Crippen molar-refractivity contribution in [2.24, 2.45) is 5.92 Å². The van der Waals surface area contributed by atoms with Crippen molar-refractivity contribution in [2.45, 2.75) is 26.2 Å². The Morgan fingerprint density at radius 2 is 2.20 bits per heavy atom. The van der Waals surface area contributed by atoms with Crippen molar-refractivity contribution in [1.29, 1.82) is 0 Å². The van der Waals surface area contributed by atoms with Crippen LogP contribution in [-0.4, -0.2) is 6.61 Å². The van der Waals surface area contributed by atoms with E-state index in [1.807, 2.05) is 13.0 Å². The summed E-state index contributed by atoms with van der Waals surface area (Å²) in [6.45, 7) is 2.64. The highest BCUT2D eigenvalue weighted by Crippen LogP contribution is 2.33. The average molecular weight is 229 g/mol. The van der Waals surface area contributed by atoms with Crippen LogP contribution in [0.3, 0.4) is 0 Å². The molecule has 0 unspecified atom stereocenters. The molecule has 15 heavy (non-hydrogen) atoms. The second-order valence-electron chi connectivity index (χ2n) is 4.00. The first-order valence-electron chi connectivity index (χ1n) is 5.31. The van der Waals surface area contributed by atoms with Crippen LogP contribution in [0.2, 0.25) is 5.02 Å². The maximum absolute atomic E-state index is 13.4. The average Bonchev–Trinajstić information content (AvgIpc) is 3.03. The van der Waals surface area contributed by atoms with Gasteiger partial charge in [-0.25, -0.2) is 4.39 Å². The van der Waals surface area contributed by atoms with Crippen molar-refractivity contribution < 1.29 is 9.13 Å². The first-order valence-corrected chi connectivity index (χ1v) is 5.69. The van der Waals surface area contributed by atoms with Crippen LogP contribution in [0.25, 0.3) is 0 Å². The molecule has 82 valence electrons. The minimum atomic E-state index is -0.387. The predicted octanol–water partition coefficient (Wildman–Crippen LogP) is 3.83. The zero-order valence-corrected chi connectivity index (χ0v) is 9.48. The Balaban J connectivity index is 2.15. The molecule has 0 heterocycles. The Kier molecular flexibility index (Phi) is 3.15. The SMILES string of the molecule is CCc1cc(F)c(Cl)c(OCC2CC2)c1. The second-order valence-corrected chi connectivity index (χ2v) is 4.38. The summed E-state index contributed by atoms with van der Waals surface area (Å²) >= 11 is 5.83. The van der Waals surface area contributed by atoms with Gasteiger partial charge in [0.15, 0.2) is 0 Å². The van der Waals surface area contributed by atoms with Gasteiger partial charge in [0.05, 0.1) is 6.61 Å². The molecule has 3 heteroatoms. The Morgan fingerprint density at radius 3 is 2.80 bits per heavy atom. The van der Waals surface area contributed by atoms with Crippen molar-refractivity contribution in [3.05, 3.63) is 28.5 Å². The summed E-state index contributed by atoms with van der Waals surface area (Å²) in [5.74, 6) is 0.747. The highest BCUT2D eigenvalue weighted by atomic mass is 35.5. The van der Waals surface area contributed by atoms with Gasteiger partial charge in [0.25, 0.3) is 0 Å². The lowest BCUT2D eigenvalue weighted by molar-refractivity contribution is 0.298. The maximum Gasteiger partial charge on any atom is 0.145 e. The number of aryl methyl sites for hydroxylation is 1. The molecule has 0 radical (unpaired) electrons. The van der Waals surface area contributed by atoms with Crippen LogP contribution in [0.1, 0.15) is 25.3 Å². The van der Waals surface area contributed by atoms with E-state index in [4.69, 9.17) is 16.3 Å². The molecular formula is C12H14ClFO. The number of rotatable bonds is 4. The summed E-state index contributed by atoms with van der Waals surface area (Å²) in [5, 5.41) is 0.104. The Labute approximate surface area is 94.2 Å². The number of halogens is 2. The lowest BCUT2D eigenvalue weighted by Gasteiger charge is -2.09. The number of hydrogen-bond donors (Lipinski definition) is 0. The minimum absolute atomic E-state index is 0.104. The van der Waals surface area contributed by atoms with Gasteiger partial charge < -0.3 is 4.74 Å². The van der Waals surface area contributed by atoms with Gasteiger partial charge in [-0.2, -0.15) is 0 Å². The van der Waals surface area contributed by atoms with Crippen molar-refractivity contribution in [3.8, 4) is 5.75 Å². The van der Waals surface area contributed by atoms with E-state index >= 15 is 0 Å². The van der Waals surface area contributed by atoms with Crippen LogP contribution in [0, 0.1) is 11.7 Å². The molecular weight excluding hydrogens is 215 g/mol. The molecule has 0 aliphatic heterocycles. The van der Waals surface area contributed by atoms with Crippen molar-refractivity contribution in [3.63, 3.8) is 0 Å². The standard InChI is InChI=1S/C12H14ClFO/c1-2-8-5-10(14)12(13)11(6-8)15-7-9-3-4-9/h5-6,9H,2-4,7H2,1H3. The fraction of sp³-hybridized carbons (Fsp3) is 0.500. The first kappa shape index (κ1) is 10.7. The highest BCUT2D eigenvalue weighted by Gasteiger charge is 2.22. The number of benzene rings is 1. The summed E-state index contributed by atoms with van der Waals surface area (Å²) < 4.78 is 18.9. The van der Waals surface area contributed by atoms with Crippen molar-refractivity contribution in [2.75, 3.05) is 6.61 Å². The van der Waals surface area contributed by atoms with Crippen molar-refractivity contribution in [1.82, 2.24) is 0 Å². The number of ether oxygens (including phenoxy) is 1. The van der Waals surface area contributed by atoms with Crippen molar-refractivity contribution >= 4 is 11.6 Å². The smallest absolute Gasteiger partial charge is 0.145 e. The van der Waals surface area contributed by atoms with E-state index in [1.165, 1.54) is 18.9 Å². The van der Waals surface area contributed by atoms with E-state index in [1.54, 1.807) is 0 Å². The second kappa shape index (κ2) is 4.40. The lowest BCUT2D eigenvalue weighted by Crippen LogP contribution is -2.01. The van der Waals surface area contributed by atoms with Crippen LogP contribution < -0.4 is 4.74 Å². The molecule has 1 nitrogen and oxygen atoms in total. The molecule has 0 atom stereocenters. The molecule has 0 spiro atoms. The van der Waals surface area contributed by atoms with Crippen LogP contribution >= 0.6 is 11.6 Å². The molecule has 1 aromatic rings. The van der Waals surface area contributed by atoms with Crippen LogP contribution in [0.4, 0.5) is 4.39 Å². The fourth-order valence-corrected chi connectivity index (χ4v) is 1.58. The van der Waals surface area contributed by atoms with Crippen LogP contribution in [0.5, 0.6) is 5.75 Å². The Morgan fingerprint density at radius 1 is 1.47 bits per heavy atom. The summed E-state index contributed by atoms with van der Waals surface area (Å²) in [7, 11) is 0. The van der Waals surface area contributed by atoms with Gasteiger partial charge in [-0.1, -0.05) is 18.5 Å². The Hall–Kier alpha value is -0.760. The third kappa shape index (κ3) is 2.63. The summed E-state index contributed by atoms with van der Waals surface area (Å²) in [6.07, 6.45) is 3.22. The fourth-order valence-electron chi connectivity index (χ4n) is 1.42. The maximum atomic E-state index is 13.4.